The monoisotopic (exact) mass is 263 g/mol. The SMILES string of the molecule is C1CNC(C2CCCCN2C2CCN3CCC2C3)C1. The first-order valence-electron chi connectivity index (χ1n) is 8.63. The van der Waals surface area contributed by atoms with Crippen LogP contribution < -0.4 is 5.32 Å². The molecule has 5 unspecified atom stereocenters. The minimum atomic E-state index is 0.805. The van der Waals surface area contributed by atoms with Crippen LogP contribution in [0.1, 0.15) is 44.9 Å². The molecule has 4 heterocycles. The molecule has 0 amide bonds. The molecule has 5 atom stereocenters. The van der Waals surface area contributed by atoms with Crippen molar-refractivity contribution in [3.63, 3.8) is 0 Å². The second kappa shape index (κ2) is 5.34. The Bertz CT molecular complexity index is 309. The Balaban J connectivity index is 1.50. The number of hydrogen-bond acceptors (Lipinski definition) is 3. The highest BCUT2D eigenvalue weighted by Gasteiger charge is 2.42. The van der Waals surface area contributed by atoms with Crippen molar-refractivity contribution in [1.29, 1.82) is 0 Å². The van der Waals surface area contributed by atoms with Crippen molar-refractivity contribution in [1.82, 2.24) is 15.1 Å². The zero-order valence-electron chi connectivity index (χ0n) is 12.2. The van der Waals surface area contributed by atoms with Gasteiger partial charge in [0.1, 0.15) is 0 Å². The second-order valence-corrected chi connectivity index (χ2v) is 7.21. The Morgan fingerprint density at radius 3 is 2.63 bits per heavy atom. The average molecular weight is 263 g/mol. The lowest BCUT2D eigenvalue weighted by atomic mass is 9.86. The van der Waals surface area contributed by atoms with E-state index in [4.69, 9.17) is 0 Å². The maximum atomic E-state index is 3.79. The van der Waals surface area contributed by atoms with E-state index in [0.717, 1.165) is 24.0 Å². The number of likely N-dealkylation sites (tertiary alicyclic amines) is 1. The summed E-state index contributed by atoms with van der Waals surface area (Å²) in [5.74, 6) is 0.982. The van der Waals surface area contributed by atoms with Gasteiger partial charge in [-0.15, -0.1) is 0 Å². The summed E-state index contributed by atoms with van der Waals surface area (Å²) in [6, 6.07) is 2.57. The van der Waals surface area contributed by atoms with E-state index in [0.29, 0.717) is 0 Å². The van der Waals surface area contributed by atoms with Crippen molar-refractivity contribution < 1.29 is 0 Å². The van der Waals surface area contributed by atoms with E-state index in [1.54, 1.807) is 0 Å². The van der Waals surface area contributed by atoms with E-state index >= 15 is 0 Å². The molecular formula is C16H29N3. The number of nitrogens with zero attached hydrogens (tertiary/aromatic N) is 2. The Hall–Kier alpha value is -0.120. The van der Waals surface area contributed by atoms with Crippen LogP contribution in [0.25, 0.3) is 0 Å². The van der Waals surface area contributed by atoms with Gasteiger partial charge in [0.05, 0.1) is 0 Å². The molecule has 19 heavy (non-hydrogen) atoms. The Labute approximate surface area is 117 Å². The van der Waals surface area contributed by atoms with Crippen LogP contribution in [0.3, 0.4) is 0 Å². The number of fused-ring (bicyclic) bond motifs is 2. The zero-order chi connectivity index (χ0) is 12.7. The van der Waals surface area contributed by atoms with Crippen LogP contribution in [0.15, 0.2) is 0 Å². The van der Waals surface area contributed by atoms with Crippen LogP contribution in [0.2, 0.25) is 0 Å². The minimum Gasteiger partial charge on any atom is -0.312 e. The molecule has 3 heteroatoms. The van der Waals surface area contributed by atoms with E-state index in [9.17, 15) is 0 Å². The third-order valence-electron chi connectivity index (χ3n) is 6.18. The number of nitrogens with one attached hydrogen (secondary N) is 1. The molecule has 0 saturated carbocycles. The van der Waals surface area contributed by atoms with Gasteiger partial charge < -0.3 is 10.2 Å². The van der Waals surface area contributed by atoms with Gasteiger partial charge in [-0.1, -0.05) is 6.42 Å². The largest absolute Gasteiger partial charge is 0.312 e. The molecule has 0 aromatic carbocycles. The lowest BCUT2D eigenvalue weighted by Gasteiger charge is -2.47. The quantitative estimate of drug-likeness (QED) is 0.818. The molecule has 4 aliphatic heterocycles. The summed E-state index contributed by atoms with van der Waals surface area (Å²) in [6.07, 6.45) is 10.1. The van der Waals surface area contributed by atoms with Crippen molar-refractivity contribution in [2.75, 3.05) is 32.7 Å². The maximum absolute atomic E-state index is 3.79. The van der Waals surface area contributed by atoms with Crippen molar-refractivity contribution in [2.24, 2.45) is 5.92 Å². The molecule has 4 saturated heterocycles. The van der Waals surface area contributed by atoms with E-state index in [2.05, 4.69) is 15.1 Å². The van der Waals surface area contributed by atoms with Gasteiger partial charge in [-0.25, -0.2) is 0 Å². The van der Waals surface area contributed by atoms with Crippen LogP contribution in [0.4, 0.5) is 0 Å². The molecule has 4 aliphatic rings. The van der Waals surface area contributed by atoms with E-state index in [-0.39, 0.29) is 0 Å². The molecule has 0 spiro atoms. The first-order valence-corrected chi connectivity index (χ1v) is 8.63. The fourth-order valence-electron chi connectivity index (χ4n) is 5.23. The summed E-state index contributed by atoms with van der Waals surface area (Å²) in [5, 5.41) is 3.79. The van der Waals surface area contributed by atoms with Crippen LogP contribution in [0, 0.1) is 5.92 Å². The highest BCUT2D eigenvalue weighted by Crippen LogP contribution is 2.35. The lowest BCUT2D eigenvalue weighted by Crippen LogP contribution is -2.57. The van der Waals surface area contributed by atoms with Gasteiger partial charge >= 0.3 is 0 Å². The molecule has 1 N–H and O–H groups in total. The van der Waals surface area contributed by atoms with Crippen LogP contribution in [0.5, 0.6) is 0 Å². The van der Waals surface area contributed by atoms with Gasteiger partial charge in [-0.3, -0.25) is 4.90 Å². The smallest absolute Gasteiger partial charge is 0.0252 e. The predicted octanol–water partition coefficient (Wildman–Crippen LogP) is 1.69. The molecule has 0 aromatic heterocycles. The fourth-order valence-corrected chi connectivity index (χ4v) is 5.23. The second-order valence-electron chi connectivity index (χ2n) is 7.21. The Morgan fingerprint density at radius 1 is 0.789 bits per heavy atom. The van der Waals surface area contributed by atoms with Gasteiger partial charge in [-0.2, -0.15) is 0 Å². The normalized spacial score (nSPS) is 47.7. The summed E-state index contributed by atoms with van der Waals surface area (Å²) < 4.78 is 0. The topological polar surface area (TPSA) is 18.5 Å². The lowest BCUT2D eigenvalue weighted by molar-refractivity contribution is 0.0253. The number of piperidine rings is 2. The van der Waals surface area contributed by atoms with Crippen LogP contribution in [-0.4, -0.2) is 60.6 Å². The first-order chi connectivity index (χ1) is 9.42. The van der Waals surface area contributed by atoms with E-state index in [1.807, 2.05) is 0 Å². The van der Waals surface area contributed by atoms with Gasteiger partial charge in [-0.05, 0) is 70.6 Å². The van der Waals surface area contributed by atoms with E-state index < -0.39 is 0 Å². The molecule has 0 aromatic rings. The van der Waals surface area contributed by atoms with Gasteiger partial charge in [0.2, 0.25) is 0 Å². The fraction of sp³-hybridized carbons (Fsp3) is 1.00. The van der Waals surface area contributed by atoms with Gasteiger partial charge in [0, 0.05) is 24.7 Å². The number of hydrogen-bond donors (Lipinski definition) is 1. The van der Waals surface area contributed by atoms with Crippen molar-refractivity contribution in [3.8, 4) is 0 Å². The first kappa shape index (κ1) is 12.6. The molecule has 4 fully saturated rings. The molecule has 0 aliphatic carbocycles. The molecule has 108 valence electrons. The van der Waals surface area contributed by atoms with Gasteiger partial charge in [0.15, 0.2) is 0 Å². The van der Waals surface area contributed by atoms with Crippen molar-refractivity contribution in [2.45, 2.75) is 63.1 Å². The summed E-state index contributed by atoms with van der Waals surface area (Å²) in [7, 11) is 0. The highest BCUT2D eigenvalue weighted by molar-refractivity contribution is 4.98. The number of rotatable bonds is 2. The Kier molecular flexibility index (Phi) is 3.55. The highest BCUT2D eigenvalue weighted by atomic mass is 15.3. The Morgan fingerprint density at radius 2 is 1.74 bits per heavy atom. The third-order valence-corrected chi connectivity index (χ3v) is 6.18. The molecule has 4 rings (SSSR count). The van der Waals surface area contributed by atoms with Crippen LogP contribution >= 0.6 is 0 Å². The summed E-state index contributed by atoms with van der Waals surface area (Å²) in [4.78, 5) is 5.65. The van der Waals surface area contributed by atoms with Crippen molar-refractivity contribution in [3.05, 3.63) is 0 Å². The van der Waals surface area contributed by atoms with E-state index in [1.165, 1.54) is 77.7 Å². The summed E-state index contributed by atoms with van der Waals surface area (Å²) >= 11 is 0. The van der Waals surface area contributed by atoms with Gasteiger partial charge in [0.25, 0.3) is 0 Å². The minimum absolute atomic E-state index is 0.805. The summed E-state index contributed by atoms with van der Waals surface area (Å²) in [5.41, 5.74) is 0. The zero-order valence-corrected chi connectivity index (χ0v) is 12.2. The predicted molar refractivity (Wildman–Crippen MR) is 78.3 cm³/mol. The van der Waals surface area contributed by atoms with Crippen LogP contribution in [-0.2, 0) is 0 Å². The van der Waals surface area contributed by atoms with Crippen molar-refractivity contribution >= 4 is 0 Å². The third kappa shape index (κ3) is 2.34. The summed E-state index contributed by atoms with van der Waals surface area (Å²) in [6.45, 7) is 6.77. The molecular weight excluding hydrogens is 234 g/mol. The average Bonchev–Trinajstić information content (AvgIpc) is 3.10. The standard InChI is InChI=1S/C16H29N3/c1-2-9-19(16(5-1)14-4-3-8-17-14)15-7-11-18-10-6-13(15)12-18/h13-17H,1-12H2. The molecule has 3 nitrogen and oxygen atoms in total. The molecule has 2 bridgehead atoms. The maximum Gasteiger partial charge on any atom is 0.0252 e. The molecule has 0 radical (unpaired) electrons.